The summed E-state index contributed by atoms with van der Waals surface area (Å²) in [7, 11) is 0. The second-order valence-electron chi connectivity index (χ2n) is 5.89. The first-order valence-corrected chi connectivity index (χ1v) is 8.21. The summed E-state index contributed by atoms with van der Waals surface area (Å²) in [5.41, 5.74) is 4.38. The van der Waals surface area contributed by atoms with Crippen LogP contribution in [0.1, 0.15) is 22.3 Å². The Morgan fingerprint density at radius 3 is 2.72 bits per heavy atom. The molecule has 3 aromatic rings. The molecule has 1 amide bonds. The van der Waals surface area contributed by atoms with Crippen LogP contribution in [0.3, 0.4) is 0 Å². The molecular formula is C18H16ClN5O. The van der Waals surface area contributed by atoms with Gasteiger partial charge in [-0.3, -0.25) is 4.79 Å². The second-order valence-corrected chi connectivity index (χ2v) is 6.15. The molecule has 1 aromatic carbocycles. The number of hydrogen-bond acceptors (Lipinski definition) is 4. The fraction of sp³-hybridized carbons (Fsp3) is 0.222. The third kappa shape index (κ3) is 3.06. The SMILES string of the molecule is Cc1cc(C)c2nc(-n3ncc(C#N)c3NC(=O)CCl)cc(C)c2c1. The van der Waals surface area contributed by atoms with Gasteiger partial charge in [0, 0.05) is 5.39 Å². The highest BCUT2D eigenvalue weighted by Gasteiger charge is 2.17. The summed E-state index contributed by atoms with van der Waals surface area (Å²) >= 11 is 5.56. The predicted molar refractivity (Wildman–Crippen MR) is 97.1 cm³/mol. The number of carbonyl (C=O) groups is 1. The Hall–Kier alpha value is -2.91. The minimum absolute atomic E-state index is 0.210. The molecule has 0 fully saturated rings. The standard InChI is InChI=1S/C18H16ClN5O/c1-10-4-12(3)17-14(5-10)11(2)6-15(22-17)24-18(23-16(25)7-19)13(8-20)9-21-24/h4-6,9H,7H2,1-3H3,(H,23,25). The number of carbonyl (C=O) groups excluding carboxylic acids is 1. The van der Waals surface area contributed by atoms with Gasteiger partial charge in [0.25, 0.3) is 0 Å². The minimum Gasteiger partial charge on any atom is -0.308 e. The van der Waals surface area contributed by atoms with Gasteiger partial charge in [0.05, 0.1) is 11.7 Å². The van der Waals surface area contributed by atoms with Crippen molar-refractivity contribution in [3.8, 4) is 11.9 Å². The lowest BCUT2D eigenvalue weighted by Crippen LogP contribution is -2.17. The van der Waals surface area contributed by atoms with Crippen LogP contribution in [-0.2, 0) is 4.79 Å². The zero-order valence-corrected chi connectivity index (χ0v) is 14.8. The summed E-state index contributed by atoms with van der Waals surface area (Å²) in [6, 6.07) is 8.06. The Morgan fingerprint density at radius 1 is 1.28 bits per heavy atom. The quantitative estimate of drug-likeness (QED) is 0.731. The highest BCUT2D eigenvalue weighted by Crippen LogP contribution is 2.26. The summed E-state index contributed by atoms with van der Waals surface area (Å²) in [6.45, 7) is 6.05. The molecule has 0 spiro atoms. The van der Waals surface area contributed by atoms with Gasteiger partial charge in [0.2, 0.25) is 5.91 Å². The number of nitrogens with one attached hydrogen (secondary N) is 1. The van der Waals surface area contributed by atoms with Crippen LogP contribution in [0.2, 0.25) is 0 Å². The van der Waals surface area contributed by atoms with Crippen LogP contribution in [0.25, 0.3) is 16.7 Å². The Kier molecular flexibility index (Phi) is 4.43. The van der Waals surface area contributed by atoms with Gasteiger partial charge in [0.15, 0.2) is 11.6 Å². The fourth-order valence-electron chi connectivity index (χ4n) is 2.83. The molecule has 3 rings (SSSR count). The van der Waals surface area contributed by atoms with E-state index in [1.54, 1.807) is 0 Å². The zero-order chi connectivity index (χ0) is 18.1. The molecule has 126 valence electrons. The molecule has 0 bridgehead atoms. The van der Waals surface area contributed by atoms with Gasteiger partial charge in [0.1, 0.15) is 17.5 Å². The van der Waals surface area contributed by atoms with E-state index in [1.807, 2.05) is 32.9 Å². The number of fused-ring (bicyclic) bond motifs is 1. The maximum atomic E-state index is 11.7. The number of hydrogen-bond donors (Lipinski definition) is 1. The van der Waals surface area contributed by atoms with Crippen LogP contribution < -0.4 is 5.32 Å². The van der Waals surface area contributed by atoms with Crippen molar-refractivity contribution < 1.29 is 4.79 Å². The van der Waals surface area contributed by atoms with E-state index in [0.29, 0.717) is 5.82 Å². The van der Waals surface area contributed by atoms with E-state index < -0.39 is 5.91 Å². The third-order valence-electron chi connectivity index (χ3n) is 3.93. The minimum atomic E-state index is -0.413. The molecule has 0 aliphatic heterocycles. The molecule has 0 saturated carbocycles. The predicted octanol–water partition coefficient (Wildman–Crippen LogP) is 3.39. The number of benzene rings is 1. The number of anilines is 1. The number of amides is 1. The van der Waals surface area contributed by atoms with E-state index in [-0.39, 0.29) is 17.3 Å². The number of nitriles is 1. The Labute approximate surface area is 150 Å². The molecule has 6 nitrogen and oxygen atoms in total. The molecule has 0 atom stereocenters. The van der Waals surface area contributed by atoms with Crippen molar-refractivity contribution in [1.29, 1.82) is 5.26 Å². The smallest absolute Gasteiger partial charge is 0.240 e. The number of aromatic nitrogens is 3. The average Bonchev–Trinajstić information content (AvgIpc) is 2.98. The summed E-state index contributed by atoms with van der Waals surface area (Å²) in [6.07, 6.45) is 1.40. The highest BCUT2D eigenvalue weighted by molar-refractivity contribution is 6.29. The van der Waals surface area contributed by atoms with Gasteiger partial charge < -0.3 is 5.32 Å². The maximum Gasteiger partial charge on any atom is 0.240 e. The maximum absolute atomic E-state index is 11.7. The summed E-state index contributed by atoms with van der Waals surface area (Å²) in [5.74, 6) is 0.176. The highest BCUT2D eigenvalue weighted by atomic mass is 35.5. The molecule has 0 aliphatic rings. The lowest BCUT2D eigenvalue weighted by molar-refractivity contribution is -0.114. The van der Waals surface area contributed by atoms with Crippen molar-refractivity contribution in [3.63, 3.8) is 0 Å². The summed E-state index contributed by atoms with van der Waals surface area (Å²) in [4.78, 5) is 16.4. The van der Waals surface area contributed by atoms with E-state index in [4.69, 9.17) is 16.6 Å². The molecule has 7 heteroatoms. The Bertz CT molecular complexity index is 1030. The van der Waals surface area contributed by atoms with Gasteiger partial charge >= 0.3 is 0 Å². The van der Waals surface area contributed by atoms with E-state index in [9.17, 15) is 10.1 Å². The lowest BCUT2D eigenvalue weighted by atomic mass is 10.0. The zero-order valence-electron chi connectivity index (χ0n) is 14.1. The lowest BCUT2D eigenvalue weighted by Gasteiger charge is -2.12. The number of pyridine rings is 1. The van der Waals surface area contributed by atoms with E-state index in [0.717, 1.165) is 22.0 Å². The third-order valence-corrected chi connectivity index (χ3v) is 4.17. The fourth-order valence-corrected chi connectivity index (χ4v) is 2.89. The number of alkyl halides is 1. The van der Waals surface area contributed by atoms with Crippen LogP contribution in [-0.4, -0.2) is 26.6 Å². The largest absolute Gasteiger partial charge is 0.308 e. The van der Waals surface area contributed by atoms with Crippen molar-refractivity contribution in [2.24, 2.45) is 0 Å². The van der Waals surface area contributed by atoms with Crippen molar-refractivity contribution in [3.05, 3.63) is 46.6 Å². The number of aryl methyl sites for hydroxylation is 3. The molecule has 0 unspecified atom stereocenters. The Balaban J connectivity index is 2.22. The molecule has 0 radical (unpaired) electrons. The van der Waals surface area contributed by atoms with E-state index in [2.05, 4.69) is 22.5 Å². The molecule has 25 heavy (non-hydrogen) atoms. The van der Waals surface area contributed by atoms with Crippen LogP contribution >= 0.6 is 11.6 Å². The first kappa shape index (κ1) is 16.9. The summed E-state index contributed by atoms with van der Waals surface area (Å²) < 4.78 is 1.45. The molecule has 0 saturated heterocycles. The molecule has 2 heterocycles. The van der Waals surface area contributed by atoms with E-state index in [1.165, 1.54) is 16.4 Å². The van der Waals surface area contributed by atoms with Crippen LogP contribution in [0.15, 0.2) is 24.4 Å². The van der Waals surface area contributed by atoms with Gasteiger partial charge in [-0.05, 0) is 44.0 Å². The Morgan fingerprint density at radius 2 is 2.04 bits per heavy atom. The van der Waals surface area contributed by atoms with Crippen LogP contribution in [0.4, 0.5) is 5.82 Å². The molecule has 1 N–H and O–H groups in total. The molecule has 2 aromatic heterocycles. The van der Waals surface area contributed by atoms with Gasteiger partial charge in [-0.15, -0.1) is 11.6 Å². The van der Waals surface area contributed by atoms with Crippen molar-refractivity contribution in [2.45, 2.75) is 20.8 Å². The normalized spacial score (nSPS) is 10.7. The van der Waals surface area contributed by atoms with Gasteiger partial charge in [-0.25, -0.2) is 4.98 Å². The average molecular weight is 354 g/mol. The first-order chi connectivity index (χ1) is 11.9. The van der Waals surface area contributed by atoms with Crippen molar-refractivity contribution in [2.75, 3.05) is 11.2 Å². The number of halogens is 1. The van der Waals surface area contributed by atoms with Gasteiger partial charge in [-0.2, -0.15) is 15.0 Å². The second kappa shape index (κ2) is 6.54. The molecular weight excluding hydrogens is 338 g/mol. The van der Waals surface area contributed by atoms with Crippen molar-refractivity contribution >= 4 is 34.2 Å². The monoisotopic (exact) mass is 353 g/mol. The van der Waals surface area contributed by atoms with Crippen molar-refractivity contribution in [1.82, 2.24) is 14.8 Å². The number of rotatable bonds is 3. The molecule has 0 aliphatic carbocycles. The van der Waals surface area contributed by atoms with E-state index >= 15 is 0 Å². The van der Waals surface area contributed by atoms with Crippen LogP contribution in [0, 0.1) is 32.1 Å². The van der Waals surface area contributed by atoms with Crippen LogP contribution in [0.5, 0.6) is 0 Å². The summed E-state index contributed by atoms with van der Waals surface area (Å²) in [5, 5.41) is 17.2. The number of nitrogens with zero attached hydrogens (tertiary/aromatic N) is 4. The topological polar surface area (TPSA) is 83.6 Å². The van der Waals surface area contributed by atoms with Gasteiger partial charge in [-0.1, -0.05) is 11.6 Å². The first-order valence-electron chi connectivity index (χ1n) is 7.67.